The molecule has 0 bridgehead atoms. The van der Waals surface area contributed by atoms with E-state index in [2.05, 4.69) is 5.32 Å². The van der Waals surface area contributed by atoms with Crippen molar-refractivity contribution in [3.63, 3.8) is 0 Å². The van der Waals surface area contributed by atoms with E-state index in [1.165, 1.54) is 27.0 Å². The summed E-state index contributed by atoms with van der Waals surface area (Å²) in [4.78, 5) is 13.0. The second-order valence-corrected chi connectivity index (χ2v) is 13.5. The van der Waals surface area contributed by atoms with Gasteiger partial charge in [0.1, 0.15) is 0 Å². The normalized spacial score (nSPS) is 14.7. The quantitative estimate of drug-likeness (QED) is 0.434. The van der Waals surface area contributed by atoms with Gasteiger partial charge in [-0.15, -0.1) is 0 Å². The van der Waals surface area contributed by atoms with Crippen molar-refractivity contribution in [2.75, 3.05) is 29.0 Å². The molecule has 1 heterocycles. The van der Waals surface area contributed by atoms with Crippen molar-refractivity contribution >= 4 is 37.3 Å². The average molecular weight is 556 g/mol. The van der Waals surface area contributed by atoms with Gasteiger partial charge in [0.25, 0.3) is 5.91 Å². The first kappa shape index (κ1) is 27.8. The summed E-state index contributed by atoms with van der Waals surface area (Å²) in [6.07, 6.45) is 3.95. The predicted molar refractivity (Wildman–Crippen MR) is 150 cm³/mol. The van der Waals surface area contributed by atoms with Gasteiger partial charge in [-0.25, -0.2) is 16.8 Å². The summed E-state index contributed by atoms with van der Waals surface area (Å²) in [5.74, 6) is -0.350. The minimum absolute atomic E-state index is 0.135. The van der Waals surface area contributed by atoms with Crippen LogP contribution in [-0.2, 0) is 26.6 Å². The zero-order valence-corrected chi connectivity index (χ0v) is 23.5. The van der Waals surface area contributed by atoms with E-state index < -0.39 is 20.0 Å². The third-order valence-corrected chi connectivity index (χ3v) is 9.84. The Balaban J connectivity index is 1.43. The number of carbonyl (C=O) groups excluding carboxylic acids is 1. The van der Waals surface area contributed by atoms with E-state index in [1.54, 1.807) is 42.5 Å². The Morgan fingerprint density at radius 2 is 1.47 bits per heavy atom. The van der Waals surface area contributed by atoms with E-state index >= 15 is 0 Å². The topological polar surface area (TPSA) is 104 Å². The number of rotatable bonds is 8. The van der Waals surface area contributed by atoms with E-state index in [4.69, 9.17) is 0 Å². The van der Waals surface area contributed by atoms with Crippen LogP contribution < -0.4 is 9.62 Å². The molecular weight excluding hydrogens is 522 g/mol. The number of hydrogen-bond acceptors (Lipinski definition) is 5. The Labute approximate surface area is 225 Å². The Kier molecular flexibility index (Phi) is 8.25. The fourth-order valence-electron chi connectivity index (χ4n) is 4.38. The molecule has 1 aliphatic heterocycles. The molecule has 0 aliphatic carbocycles. The minimum atomic E-state index is -3.54. The number of nitrogens with zero attached hydrogens (tertiary/aromatic N) is 2. The van der Waals surface area contributed by atoms with Gasteiger partial charge in [0.2, 0.25) is 20.0 Å². The lowest BCUT2D eigenvalue weighted by Gasteiger charge is -2.25. The maximum Gasteiger partial charge on any atom is 0.255 e. The second kappa shape index (κ2) is 11.3. The number of amides is 1. The maximum atomic E-state index is 12.8. The van der Waals surface area contributed by atoms with Crippen LogP contribution in [0.1, 0.15) is 46.3 Å². The highest BCUT2D eigenvalue weighted by molar-refractivity contribution is 7.92. The Hall–Kier alpha value is -3.21. The van der Waals surface area contributed by atoms with Crippen molar-refractivity contribution in [1.82, 2.24) is 4.31 Å². The summed E-state index contributed by atoms with van der Waals surface area (Å²) in [6, 6.07) is 18.4. The molecular formula is C28H33N3O5S2. The second-order valence-electron chi connectivity index (χ2n) is 9.68. The van der Waals surface area contributed by atoms with Crippen molar-refractivity contribution in [2.45, 2.75) is 44.6 Å². The molecule has 3 aromatic rings. The molecule has 4 rings (SSSR count). The number of anilines is 2. The summed E-state index contributed by atoms with van der Waals surface area (Å²) in [5.41, 5.74) is 4.28. The fourth-order valence-corrected chi connectivity index (χ4v) is 6.77. The molecule has 3 aromatic carbocycles. The smallest absolute Gasteiger partial charge is 0.255 e. The maximum absolute atomic E-state index is 12.8. The molecule has 1 amide bonds. The van der Waals surface area contributed by atoms with Crippen LogP contribution in [0.5, 0.6) is 0 Å². The molecule has 1 fully saturated rings. The first-order valence-electron chi connectivity index (χ1n) is 12.5. The highest BCUT2D eigenvalue weighted by atomic mass is 32.2. The fraction of sp³-hybridized carbons (Fsp3) is 0.321. The summed E-state index contributed by atoms with van der Waals surface area (Å²) in [5, 5.41) is 2.78. The van der Waals surface area contributed by atoms with Crippen molar-refractivity contribution < 1.29 is 21.6 Å². The molecule has 1 aliphatic rings. The first-order valence-corrected chi connectivity index (χ1v) is 15.8. The van der Waals surface area contributed by atoms with Crippen LogP contribution in [0.15, 0.2) is 71.6 Å². The predicted octanol–water partition coefficient (Wildman–Crippen LogP) is 4.70. The van der Waals surface area contributed by atoms with Gasteiger partial charge in [-0.2, -0.15) is 4.31 Å². The highest BCUT2D eigenvalue weighted by Gasteiger charge is 2.26. The van der Waals surface area contributed by atoms with E-state index in [9.17, 15) is 21.6 Å². The molecule has 202 valence electrons. The number of sulfonamides is 2. The van der Waals surface area contributed by atoms with E-state index in [0.29, 0.717) is 30.0 Å². The zero-order valence-electron chi connectivity index (χ0n) is 21.8. The summed E-state index contributed by atoms with van der Waals surface area (Å²) < 4.78 is 53.5. The molecule has 8 nitrogen and oxygen atoms in total. The van der Waals surface area contributed by atoms with Crippen molar-refractivity contribution in [3.05, 3.63) is 89.0 Å². The monoisotopic (exact) mass is 555 g/mol. The standard InChI is InChI=1S/C28H33N3O5S2/c1-21-7-14-26(19-22(21)2)31(37(3,33)34)20-23-8-10-24(11-9-23)28(32)29-25-12-15-27(16-13-25)38(35,36)30-17-5-4-6-18-30/h7-16,19H,4-6,17-18,20H2,1-3H3,(H,29,32). The first-order chi connectivity index (χ1) is 17.9. The molecule has 0 aromatic heterocycles. The van der Waals surface area contributed by atoms with Gasteiger partial charge in [0.15, 0.2) is 0 Å². The molecule has 38 heavy (non-hydrogen) atoms. The van der Waals surface area contributed by atoms with E-state index in [-0.39, 0.29) is 17.3 Å². The van der Waals surface area contributed by atoms with Crippen LogP contribution in [0.25, 0.3) is 0 Å². The van der Waals surface area contributed by atoms with Gasteiger partial charge in [-0.3, -0.25) is 9.10 Å². The van der Waals surface area contributed by atoms with Crippen LogP contribution in [0.3, 0.4) is 0 Å². The van der Waals surface area contributed by atoms with Crippen LogP contribution in [0.4, 0.5) is 11.4 Å². The average Bonchev–Trinajstić information content (AvgIpc) is 2.89. The number of aryl methyl sites for hydroxylation is 2. The van der Waals surface area contributed by atoms with Gasteiger partial charge in [0, 0.05) is 24.3 Å². The Morgan fingerprint density at radius 1 is 0.842 bits per heavy atom. The molecule has 10 heteroatoms. The number of carbonyl (C=O) groups is 1. The number of piperidine rings is 1. The lowest BCUT2D eigenvalue weighted by Crippen LogP contribution is -2.35. The number of nitrogens with one attached hydrogen (secondary N) is 1. The summed E-state index contributed by atoms with van der Waals surface area (Å²) >= 11 is 0. The Bertz CT molecular complexity index is 1510. The molecule has 1 saturated heterocycles. The lowest BCUT2D eigenvalue weighted by atomic mass is 10.1. The zero-order chi connectivity index (χ0) is 27.5. The van der Waals surface area contributed by atoms with Crippen LogP contribution in [0.2, 0.25) is 0 Å². The van der Waals surface area contributed by atoms with Crippen LogP contribution in [0, 0.1) is 13.8 Å². The Morgan fingerprint density at radius 3 is 2.05 bits per heavy atom. The molecule has 0 radical (unpaired) electrons. The minimum Gasteiger partial charge on any atom is -0.322 e. The lowest BCUT2D eigenvalue weighted by molar-refractivity contribution is 0.102. The highest BCUT2D eigenvalue weighted by Crippen LogP contribution is 2.25. The summed E-state index contributed by atoms with van der Waals surface area (Å²) in [7, 11) is -7.06. The molecule has 1 N–H and O–H groups in total. The van der Waals surface area contributed by atoms with Gasteiger partial charge < -0.3 is 5.32 Å². The van der Waals surface area contributed by atoms with Gasteiger partial charge >= 0.3 is 0 Å². The van der Waals surface area contributed by atoms with E-state index in [0.717, 1.165) is 36.0 Å². The van der Waals surface area contributed by atoms with Crippen molar-refractivity contribution in [1.29, 1.82) is 0 Å². The van der Waals surface area contributed by atoms with E-state index in [1.807, 2.05) is 26.0 Å². The van der Waals surface area contributed by atoms with Gasteiger partial charge in [-0.05, 0) is 91.9 Å². The molecule has 0 unspecified atom stereocenters. The van der Waals surface area contributed by atoms with Crippen LogP contribution in [-0.4, -0.2) is 46.4 Å². The third kappa shape index (κ3) is 6.43. The van der Waals surface area contributed by atoms with Gasteiger partial charge in [0.05, 0.1) is 23.4 Å². The van der Waals surface area contributed by atoms with Crippen molar-refractivity contribution in [2.24, 2.45) is 0 Å². The summed E-state index contributed by atoms with van der Waals surface area (Å²) in [6.45, 7) is 5.11. The number of hydrogen-bond donors (Lipinski definition) is 1. The van der Waals surface area contributed by atoms with Crippen molar-refractivity contribution in [3.8, 4) is 0 Å². The SMILES string of the molecule is Cc1ccc(N(Cc2ccc(C(=O)Nc3ccc(S(=O)(=O)N4CCCCC4)cc3)cc2)S(C)(=O)=O)cc1C. The van der Waals surface area contributed by atoms with Crippen LogP contribution >= 0.6 is 0 Å². The molecule has 0 saturated carbocycles. The third-order valence-electron chi connectivity index (χ3n) is 6.79. The molecule has 0 atom stereocenters. The van der Waals surface area contributed by atoms with Gasteiger partial charge in [-0.1, -0.05) is 24.6 Å². The number of benzene rings is 3. The molecule has 0 spiro atoms. The largest absolute Gasteiger partial charge is 0.322 e.